The monoisotopic (exact) mass is 342 g/mol. The van der Waals surface area contributed by atoms with Crippen LogP contribution in [-0.2, 0) is 9.53 Å². The van der Waals surface area contributed by atoms with E-state index in [0.29, 0.717) is 30.0 Å². The van der Waals surface area contributed by atoms with Crippen molar-refractivity contribution >= 4 is 22.7 Å². The Morgan fingerprint density at radius 3 is 2.56 bits per heavy atom. The number of fused-ring (bicyclic) bond motifs is 2. The second-order valence-electron chi connectivity index (χ2n) is 7.36. The number of ketones is 1. The molecule has 6 nitrogen and oxygen atoms in total. The molecule has 0 amide bonds. The lowest BCUT2D eigenvalue weighted by molar-refractivity contribution is -0.145. The molecule has 25 heavy (non-hydrogen) atoms. The summed E-state index contributed by atoms with van der Waals surface area (Å²) in [7, 11) is 0. The van der Waals surface area contributed by atoms with Gasteiger partial charge in [-0.3, -0.25) is 9.69 Å². The molecule has 4 fully saturated rings. The normalized spacial score (nSPS) is 33.1. The highest BCUT2D eigenvalue weighted by atomic mass is 16.5. The molecule has 4 aliphatic rings. The number of hydrogen-bond acceptors (Lipinski definition) is 4. The fourth-order valence-electron chi connectivity index (χ4n) is 4.87. The van der Waals surface area contributed by atoms with Crippen LogP contribution in [0.1, 0.15) is 36.0 Å². The number of hydrogen-bond donors (Lipinski definition) is 1. The third-order valence-corrected chi connectivity index (χ3v) is 6.00. The molecule has 4 bridgehead atoms. The van der Waals surface area contributed by atoms with E-state index >= 15 is 0 Å². The number of ether oxygens (including phenoxy) is 1. The summed E-state index contributed by atoms with van der Waals surface area (Å²) in [5.74, 6) is 0.403. The van der Waals surface area contributed by atoms with Gasteiger partial charge in [0.25, 0.3) is 0 Å². The summed E-state index contributed by atoms with van der Waals surface area (Å²) in [6.07, 6.45) is 5.29. The van der Waals surface area contributed by atoms with Crippen LogP contribution in [0.25, 0.3) is 10.9 Å². The van der Waals surface area contributed by atoms with Crippen molar-refractivity contribution in [2.45, 2.75) is 43.9 Å². The van der Waals surface area contributed by atoms with Crippen LogP contribution in [-0.4, -0.2) is 51.8 Å². The summed E-state index contributed by atoms with van der Waals surface area (Å²) < 4.78 is 5.84. The molecule has 5 atom stereocenters. The van der Waals surface area contributed by atoms with E-state index in [0.717, 1.165) is 36.6 Å². The Hall–Kier alpha value is -2.18. The molecular formula is C19H22N2O4. The smallest absolute Gasteiger partial charge is 0.340 e. The van der Waals surface area contributed by atoms with Gasteiger partial charge >= 0.3 is 5.97 Å². The summed E-state index contributed by atoms with van der Waals surface area (Å²) in [4.78, 5) is 30.0. The van der Waals surface area contributed by atoms with Gasteiger partial charge in [0.05, 0.1) is 12.1 Å². The number of Topliss-reactive ketones (excluding diaryl/α,β-unsaturated/α-hetero) is 1. The van der Waals surface area contributed by atoms with Crippen LogP contribution in [0.4, 0.5) is 0 Å². The standard InChI is InChI=1S/C19H20N2O3.H2O/c22-18-10-21-12-5-11(18)6-13(21)8-14(7-12)24-19(23)16-9-20-17-4-2-1-3-15(16)17;/h1-4,9,11-14,20H,5-8,10H2;1H2/t11?,12-,13+,14?;. The molecule has 5 heterocycles. The lowest BCUT2D eigenvalue weighted by Gasteiger charge is -2.54. The maximum absolute atomic E-state index is 12.6. The zero-order valence-electron chi connectivity index (χ0n) is 13.9. The minimum Gasteiger partial charge on any atom is -0.459 e. The Morgan fingerprint density at radius 2 is 1.84 bits per heavy atom. The average Bonchev–Trinajstić information content (AvgIpc) is 2.99. The zero-order valence-corrected chi connectivity index (χ0v) is 13.9. The molecule has 0 radical (unpaired) electrons. The van der Waals surface area contributed by atoms with Crippen molar-refractivity contribution in [3.8, 4) is 0 Å². The van der Waals surface area contributed by atoms with E-state index in [1.807, 2.05) is 24.3 Å². The van der Waals surface area contributed by atoms with Gasteiger partial charge in [0.15, 0.2) is 0 Å². The first kappa shape index (κ1) is 16.3. The number of nitrogens with zero attached hydrogens (tertiary/aromatic N) is 1. The highest BCUT2D eigenvalue weighted by Gasteiger charge is 2.49. The fraction of sp³-hybridized carbons (Fsp3) is 0.474. The lowest BCUT2D eigenvalue weighted by atomic mass is 9.72. The van der Waals surface area contributed by atoms with E-state index in [1.165, 1.54) is 0 Å². The molecule has 1 aromatic heterocycles. The number of carbonyl (C=O) groups is 2. The lowest BCUT2D eigenvalue weighted by Crippen LogP contribution is -2.63. The SMILES string of the molecule is O.O=C(OC1C[C@@H]2CC3C[C@H](C1)N2CC3=O)c1c[nH]c2ccccc12. The number of benzene rings is 1. The first-order chi connectivity index (χ1) is 11.7. The summed E-state index contributed by atoms with van der Waals surface area (Å²) in [6.45, 7) is 0.600. The van der Waals surface area contributed by atoms with E-state index in [9.17, 15) is 9.59 Å². The predicted octanol–water partition coefficient (Wildman–Crippen LogP) is 1.69. The van der Waals surface area contributed by atoms with Crippen molar-refractivity contribution < 1.29 is 19.8 Å². The van der Waals surface area contributed by atoms with Crippen LogP contribution < -0.4 is 0 Å². The van der Waals surface area contributed by atoms with Gasteiger partial charge in [-0.05, 0) is 18.9 Å². The maximum Gasteiger partial charge on any atom is 0.340 e. The van der Waals surface area contributed by atoms with Gasteiger partial charge in [0.1, 0.15) is 11.9 Å². The molecule has 132 valence electrons. The van der Waals surface area contributed by atoms with Gasteiger partial charge < -0.3 is 15.2 Å². The molecule has 3 N–H and O–H groups in total. The van der Waals surface area contributed by atoms with Crippen molar-refractivity contribution in [3.63, 3.8) is 0 Å². The molecule has 6 rings (SSSR count). The van der Waals surface area contributed by atoms with Crippen molar-refractivity contribution in [2.24, 2.45) is 5.92 Å². The molecule has 6 heteroatoms. The number of H-pyrrole nitrogens is 1. The molecule has 3 unspecified atom stereocenters. The molecule has 4 saturated heterocycles. The van der Waals surface area contributed by atoms with E-state index in [2.05, 4.69) is 9.88 Å². The molecule has 1 aromatic carbocycles. The van der Waals surface area contributed by atoms with Gasteiger partial charge in [-0.15, -0.1) is 0 Å². The van der Waals surface area contributed by atoms with Crippen LogP contribution in [0.3, 0.4) is 0 Å². The second kappa shape index (κ2) is 5.97. The van der Waals surface area contributed by atoms with Crippen molar-refractivity contribution in [1.82, 2.24) is 9.88 Å². The van der Waals surface area contributed by atoms with Crippen LogP contribution in [0.15, 0.2) is 30.5 Å². The van der Waals surface area contributed by atoms with Crippen molar-refractivity contribution in [2.75, 3.05) is 6.54 Å². The largest absolute Gasteiger partial charge is 0.459 e. The molecular weight excluding hydrogens is 320 g/mol. The number of esters is 1. The molecule has 0 saturated carbocycles. The van der Waals surface area contributed by atoms with Crippen LogP contribution in [0.2, 0.25) is 0 Å². The molecule has 0 aliphatic carbocycles. The van der Waals surface area contributed by atoms with Crippen molar-refractivity contribution in [1.29, 1.82) is 0 Å². The first-order valence-electron chi connectivity index (χ1n) is 8.74. The Bertz CT molecular complexity index is 814. The van der Waals surface area contributed by atoms with Crippen LogP contribution in [0.5, 0.6) is 0 Å². The quantitative estimate of drug-likeness (QED) is 0.841. The van der Waals surface area contributed by atoms with Gasteiger partial charge in [-0.25, -0.2) is 4.79 Å². The number of piperidine rings is 4. The van der Waals surface area contributed by atoms with Gasteiger partial charge in [-0.2, -0.15) is 0 Å². The second-order valence-corrected chi connectivity index (χ2v) is 7.36. The number of aromatic amines is 1. The molecule has 0 spiro atoms. The van der Waals surface area contributed by atoms with E-state index in [1.54, 1.807) is 6.20 Å². The highest BCUT2D eigenvalue weighted by molar-refractivity contribution is 6.04. The topological polar surface area (TPSA) is 93.9 Å². The molecule has 4 aliphatic heterocycles. The summed E-state index contributed by atoms with van der Waals surface area (Å²) in [5.41, 5.74) is 1.56. The first-order valence-corrected chi connectivity index (χ1v) is 8.74. The third-order valence-electron chi connectivity index (χ3n) is 6.00. The summed E-state index contributed by atoms with van der Waals surface area (Å²) >= 11 is 0. The number of para-hydroxylation sites is 1. The zero-order chi connectivity index (χ0) is 16.3. The van der Waals surface area contributed by atoms with E-state index in [4.69, 9.17) is 4.74 Å². The minimum atomic E-state index is -0.242. The van der Waals surface area contributed by atoms with E-state index < -0.39 is 0 Å². The highest BCUT2D eigenvalue weighted by Crippen LogP contribution is 2.42. The van der Waals surface area contributed by atoms with Crippen LogP contribution in [0, 0.1) is 5.92 Å². The Balaban J connectivity index is 0.00000157. The van der Waals surface area contributed by atoms with Gasteiger partial charge in [0, 0.05) is 47.9 Å². The Morgan fingerprint density at radius 1 is 1.12 bits per heavy atom. The summed E-state index contributed by atoms with van der Waals surface area (Å²) in [5, 5.41) is 0.909. The Kier molecular flexibility index (Phi) is 3.89. The number of carbonyl (C=O) groups excluding carboxylic acids is 2. The van der Waals surface area contributed by atoms with E-state index in [-0.39, 0.29) is 23.5 Å². The number of nitrogens with one attached hydrogen (secondary N) is 1. The fourth-order valence-corrected chi connectivity index (χ4v) is 4.87. The molecule has 2 aromatic rings. The Labute approximate surface area is 145 Å². The minimum absolute atomic E-state index is 0. The van der Waals surface area contributed by atoms with Crippen LogP contribution >= 0.6 is 0 Å². The number of rotatable bonds is 2. The maximum atomic E-state index is 12.6. The third kappa shape index (κ3) is 2.56. The average molecular weight is 342 g/mol. The van der Waals surface area contributed by atoms with Crippen molar-refractivity contribution in [3.05, 3.63) is 36.0 Å². The summed E-state index contributed by atoms with van der Waals surface area (Å²) in [6, 6.07) is 8.58. The predicted molar refractivity (Wildman–Crippen MR) is 92.4 cm³/mol. The number of aromatic nitrogens is 1. The van der Waals surface area contributed by atoms with Gasteiger partial charge in [-0.1, -0.05) is 18.2 Å². The van der Waals surface area contributed by atoms with Gasteiger partial charge in [0.2, 0.25) is 0 Å².